The standard InChI is InChI=1S/C12H9Br2F3N2S/c1-2-9(14)11-19-18-10(20-11)7-4-3-6(13)5-8(7)12(15,16)17/h3-5,9H,2H2,1H3. The summed E-state index contributed by atoms with van der Waals surface area (Å²) in [5.74, 6) is 0. The Morgan fingerprint density at radius 3 is 2.60 bits per heavy atom. The quantitative estimate of drug-likeness (QED) is 0.573. The van der Waals surface area contributed by atoms with Gasteiger partial charge in [0, 0.05) is 10.0 Å². The molecular formula is C12H9Br2F3N2S. The molecule has 1 aromatic carbocycles. The number of rotatable bonds is 3. The van der Waals surface area contributed by atoms with Crippen molar-refractivity contribution in [2.75, 3.05) is 0 Å². The second-order valence-corrected chi connectivity index (χ2v) is 7.04. The first-order valence-corrected chi connectivity index (χ1v) is 8.20. The van der Waals surface area contributed by atoms with E-state index in [1.165, 1.54) is 17.4 Å². The summed E-state index contributed by atoms with van der Waals surface area (Å²) in [6.45, 7) is 1.96. The third-order valence-corrected chi connectivity index (χ3v) is 5.53. The molecule has 0 amide bonds. The molecule has 0 spiro atoms. The zero-order valence-corrected chi connectivity index (χ0v) is 14.2. The van der Waals surface area contributed by atoms with Crippen LogP contribution in [0.3, 0.4) is 0 Å². The molecule has 0 N–H and O–H groups in total. The highest BCUT2D eigenvalue weighted by molar-refractivity contribution is 9.10. The van der Waals surface area contributed by atoms with Crippen molar-refractivity contribution >= 4 is 43.2 Å². The Kier molecular flexibility index (Phi) is 4.86. The van der Waals surface area contributed by atoms with Gasteiger partial charge in [0.05, 0.1) is 10.4 Å². The predicted octanol–water partition coefficient (Wildman–Crippen LogP) is 5.83. The number of halogens is 5. The summed E-state index contributed by atoms with van der Waals surface area (Å²) in [4.78, 5) is 0.0125. The van der Waals surface area contributed by atoms with Crippen LogP contribution in [0.25, 0.3) is 10.6 Å². The summed E-state index contributed by atoms with van der Waals surface area (Å²) in [6, 6.07) is 4.03. The van der Waals surface area contributed by atoms with Crippen molar-refractivity contribution in [3.05, 3.63) is 33.2 Å². The van der Waals surface area contributed by atoms with E-state index in [0.717, 1.165) is 12.5 Å². The van der Waals surface area contributed by atoms with Crippen molar-refractivity contribution < 1.29 is 13.2 Å². The van der Waals surface area contributed by atoms with Crippen LogP contribution in [0, 0.1) is 0 Å². The van der Waals surface area contributed by atoms with Crippen LogP contribution in [0.2, 0.25) is 0 Å². The Morgan fingerprint density at radius 2 is 2.00 bits per heavy atom. The van der Waals surface area contributed by atoms with E-state index < -0.39 is 11.7 Å². The van der Waals surface area contributed by atoms with Crippen LogP contribution in [-0.4, -0.2) is 10.2 Å². The van der Waals surface area contributed by atoms with Crippen molar-refractivity contribution in [2.24, 2.45) is 0 Å². The topological polar surface area (TPSA) is 25.8 Å². The summed E-state index contributed by atoms with van der Waals surface area (Å²) < 4.78 is 39.6. The van der Waals surface area contributed by atoms with Gasteiger partial charge in [-0.1, -0.05) is 56.2 Å². The SMILES string of the molecule is CCC(Br)c1nnc(-c2ccc(Br)cc2C(F)(F)F)s1. The van der Waals surface area contributed by atoms with Gasteiger partial charge in [0.25, 0.3) is 0 Å². The summed E-state index contributed by atoms with van der Waals surface area (Å²) in [5.41, 5.74) is -0.655. The van der Waals surface area contributed by atoms with Crippen molar-refractivity contribution in [1.82, 2.24) is 10.2 Å². The van der Waals surface area contributed by atoms with Gasteiger partial charge in [-0.2, -0.15) is 13.2 Å². The van der Waals surface area contributed by atoms with Gasteiger partial charge in [0.2, 0.25) is 0 Å². The monoisotopic (exact) mass is 428 g/mol. The van der Waals surface area contributed by atoms with Crippen LogP contribution < -0.4 is 0 Å². The number of hydrogen-bond donors (Lipinski definition) is 0. The number of alkyl halides is 4. The van der Waals surface area contributed by atoms with Crippen molar-refractivity contribution in [3.8, 4) is 10.6 Å². The van der Waals surface area contributed by atoms with E-state index in [1.54, 1.807) is 6.07 Å². The van der Waals surface area contributed by atoms with Crippen LogP contribution >= 0.6 is 43.2 Å². The minimum Gasteiger partial charge on any atom is -0.166 e. The fourth-order valence-corrected chi connectivity index (χ4v) is 3.26. The highest BCUT2D eigenvalue weighted by atomic mass is 79.9. The van der Waals surface area contributed by atoms with E-state index in [4.69, 9.17) is 0 Å². The van der Waals surface area contributed by atoms with E-state index in [9.17, 15) is 13.2 Å². The highest BCUT2D eigenvalue weighted by Gasteiger charge is 2.34. The molecule has 20 heavy (non-hydrogen) atoms. The summed E-state index contributed by atoms with van der Waals surface area (Å²) in [5, 5.41) is 8.79. The average molecular weight is 430 g/mol. The van der Waals surface area contributed by atoms with E-state index in [-0.39, 0.29) is 15.4 Å². The van der Waals surface area contributed by atoms with Gasteiger partial charge in [-0.25, -0.2) is 0 Å². The largest absolute Gasteiger partial charge is 0.417 e. The molecule has 8 heteroatoms. The van der Waals surface area contributed by atoms with Crippen molar-refractivity contribution in [1.29, 1.82) is 0 Å². The van der Waals surface area contributed by atoms with E-state index in [2.05, 4.69) is 42.1 Å². The van der Waals surface area contributed by atoms with Crippen LogP contribution in [-0.2, 0) is 6.18 Å². The minimum absolute atomic E-state index is 0.0125. The Balaban J connectivity index is 2.50. The molecular weight excluding hydrogens is 421 g/mol. The number of nitrogens with zero attached hydrogens (tertiary/aromatic N) is 2. The second kappa shape index (κ2) is 6.11. The van der Waals surface area contributed by atoms with Gasteiger partial charge >= 0.3 is 6.18 Å². The van der Waals surface area contributed by atoms with Gasteiger partial charge in [-0.3, -0.25) is 0 Å². The maximum atomic E-state index is 13.1. The van der Waals surface area contributed by atoms with E-state index in [0.29, 0.717) is 9.48 Å². The van der Waals surface area contributed by atoms with Crippen molar-refractivity contribution in [3.63, 3.8) is 0 Å². The summed E-state index contributed by atoms with van der Waals surface area (Å²) in [6.07, 6.45) is -3.63. The molecule has 2 nitrogen and oxygen atoms in total. The lowest BCUT2D eigenvalue weighted by Crippen LogP contribution is -2.07. The zero-order chi connectivity index (χ0) is 14.9. The van der Waals surface area contributed by atoms with E-state index in [1.807, 2.05) is 6.92 Å². The molecule has 0 radical (unpaired) electrons. The average Bonchev–Trinajstić information content (AvgIpc) is 2.86. The number of benzene rings is 1. The van der Waals surface area contributed by atoms with Crippen molar-refractivity contribution in [2.45, 2.75) is 24.3 Å². The van der Waals surface area contributed by atoms with Gasteiger partial charge in [0.1, 0.15) is 10.0 Å². The van der Waals surface area contributed by atoms with Crippen LogP contribution in [0.5, 0.6) is 0 Å². The molecule has 1 atom stereocenters. The maximum absolute atomic E-state index is 13.1. The molecule has 1 heterocycles. The Bertz CT molecular complexity index is 613. The molecule has 2 rings (SSSR count). The molecule has 0 saturated carbocycles. The first kappa shape index (κ1) is 15.9. The molecule has 1 aromatic heterocycles. The van der Waals surface area contributed by atoms with Gasteiger partial charge < -0.3 is 0 Å². The third-order valence-electron chi connectivity index (χ3n) is 2.58. The van der Waals surface area contributed by atoms with E-state index >= 15 is 0 Å². The smallest absolute Gasteiger partial charge is 0.166 e. The fourth-order valence-electron chi connectivity index (χ4n) is 1.58. The van der Waals surface area contributed by atoms with Gasteiger partial charge in [0.15, 0.2) is 0 Å². The number of aromatic nitrogens is 2. The fraction of sp³-hybridized carbons (Fsp3) is 0.333. The Labute approximate surface area is 134 Å². The van der Waals surface area contributed by atoms with Gasteiger partial charge in [-0.15, -0.1) is 10.2 Å². The normalized spacial score (nSPS) is 13.5. The number of hydrogen-bond acceptors (Lipinski definition) is 3. The summed E-state index contributed by atoms with van der Waals surface area (Å²) in [7, 11) is 0. The summed E-state index contributed by atoms with van der Waals surface area (Å²) >= 11 is 7.65. The predicted molar refractivity (Wildman–Crippen MR) is 80.0 cm³/mol. The Morgan fingerprint density at radius 1 is 1.30 bits per heavy atom. The molecule has 0 aliphatic rings. The van der Waals surface area contributed by atoms with Crippen LogP contribution in [0.1, 0.15) is 28.7 Å². The molecule has 0 aliphatic heterocycles. The lowest BCUT2D eigenvalue weighted by atomic mass is 10.1. The first-order valence-electron chi connectivity index (χ1n) is 5.67. The molecule has 108 valence electrons. The minimum atomic E-state index is -4.43. The lowest BCUT2D eigenvalue weighted by molar-refractivity contribution is -0.137. The zero-order valence-electron chi connectivity index (χ0n) is 10.2. The maximum Gasteiger partial charge on any atom is 0.417 e. The molecule has 1 unspecified atom stereocenters. The molecule has 0 aliphatic carbocycles. The van der Waals surface area contributed by atoms with Crippen LogP contribution in [0.15, 0.2) is 22.7 Å². The highest BCUT2D eigenvalue weighted by Crippen LogP contribution is 2.40. The second-order valence-electron chi connectivity index (χ2n) is 4.01. The molecule has 0 fully saturated rings. The Hall–Kier alpha value is -0.470. The van der Waals surface area contributed by atoms with Gasteiger partial charge in [-0.05, 0) is 18.6 Å². The molecule has 2 aromatic rings. The lowest BCUT2D eigenvalue weighted by Gasteiger charge is -2.11. The first-order chi connectivity index (χ1) is 9.32. The molecule has 0 bridgehead atoms. The van der Waals surface area contributed by atoms with Crippen LogP contribution in [0.4, 0.5) is 13.2 Å². The molecule has 0 saturated heterocycles. The third kappa shape index (κ3) is 3.40.